The predicted molar refractivity (Wildman–Crippen MR) is 84.8 cm³/mol. The minimum atomic E-state index is 0.0106. The summed E-state index contributed by atoms with van der Waals surface area (Å²) in [6.45, 7) is 3.85. The first kappa shape index (κ1) is 14.4. The highest BCUT2D eigenvalue weighted by molar-refractivity contribution is 6.30. The van der Waals surface area contributed by atoms with Crippen LogP contribution in [0.25, 0.3) is 0 Å². The van der Waals surface area contributed by atoms with Crippen LogP contribution in [0.5, 0.6) is 0 Å². The third kappa shape index (κ3) is 3.75. The molecule has 2 N–H and O–H groups in total. The number of carbonyl (C=O) groups is 1. The van der Waals surface area contributed by atoms with Crippen molar-refractivity contribution in [1.29, 1.82) is 0 Å². The molecule has 0 spiro atoms. The van der Waals surface area contributed by atoms with Crippen molar-refractivity contribution in [2.75, 3.05) is 10.6 Å². The summed E-state index contributed by atoms with van der Waals surface area (Å²) in [4.78, 5) is 11.3. The quantitative estimate of drug-likeness (QED) is 0.853. The Labute approximate surface area is 124 Å². The van der Waals surface area contributed by atoms with Crippen LogP contribution < -0.4 is 10.6 Å². The fourth-order valence-electron chi connectivity index (χ4n) is 1.77. The second kappa shape index (κ2) is 6.44. The number of anilines is 3. The van der Waals surface area contributed by atoms with Gasteiger partial charge in [-0.1, -0.05) is 24.6 Å². The minimum Gasteiger partial charge on any atom is -0.355 e. The Balaban J connectivity index is 2.10. The number of amides is 1. The molecule has 4 heteroatoms. The largest absolute Gasteiger partial charge is 0.355 e. The molecule has 0 saturated carbocycles. The van der Waals surface area contributed by atoms with Crippen molar-refractivity contribution in [2.24, 2.45) is 0 Å². The lowest BCUT2D eigenvalue weighted by Gasteiger charge is -2.11. The molecule has 20 heavy (non-hydrogen) atoms. The molecule has 0 atom stereocenters. The van der Waals surface area contributed by atoms with Gasteiger partial charge in [0, 0.05) is 28.5 Å². The molecule has 104 valence electrons. The van der Waals surface area contributed by atoms with Crippen LogP contribution in [-0.2, 0) is 4.79 Å². The molecule has 1 amide bonds. The van der Waals surface area contributed by atoms with Crippen molar-refractivity contribution < 1.29 is 4.79 Å². The first-order valence-electron chi connectivity index (χ1n) is 6.51. The number of halogens is 1. The lowest BCUT2D eigenvalue weighted by Crippen LogP contribution is -2.09. The summed E-state index contributed by atoms with van der Waals surface area (Å²) >= 11 is 5.99. The van der Waals surface area contributed by atoms with Gasteiger partial charge in [-0.2, -0.15) is 0 Å². The lowest BCUT2D eigenvalue weighted by molar-refractivity contribution is -0.115. The molecule has 2 aromatic carbocycles. The molecule has 0 aliphatic rings. The Kier molecular flexibility index (Phi) is 4.64. The van der Waals surface area contributed by atoms with Crippen LogP contribution in [0, 0.1) is 6.92 Å². The number of carbonyl (C=O) groups excluding carboxylic acids is 1. The van der Waals surface area contributed by atoms with E-state index in [0.717, 1.165) is 22.6 Å². The Morgan fingerprint density at radius 1 is 1.10 bits per heavy atom. The van der Waals surface area contributed by atoms with Crippen molar-refractivity contribution in [3.63, 3.8) is 0 Å². The molecule has 0 radical (unpaired) electrons. The third-order valence-corrected chi connectivity index (χ3v) is 3.20. The van der Waals surface area contributed by atoms with Crippen molar-refractivity contribution >= 4 is 34.6 Å². The highest BCUT2D eigenvalue weighted by Crippen LogP contribution is 2.24. The van der Waals surface area contributed by atoms with Crippen LogP contribution in [0.1, 0.15) is 18.9 Å². The number of nitrogens with one attached hydrogen (secondary N) is 2. The van der Waals surface area contributed by atoms with Gasteiger partial charge in [-0.25, -0.2) is 0 Å². The van der Waals surface area contributed by atoms with Crippen molar-refractivity contribution in [3.8, 4) is 0 Å². The standard InChI is InChI=1S/C16H17ClN2O/c1-3-16(20)19-14-8-6-13(7-9-14)18-15-10-12(17)5-4-11(15)2/h4-10,18H,3H2,1-2H3,(H,19,20). The van der Waals surface area contributed by atoms with Crippen molar-refractivity contribution in [2.45, 2.75) is 20.3 Å². The Hall–Kier alpha value is -2.00. The average molecular weight is 289 g/mol. The van der Waals surface area contributed by atoms with Crippen molar-refractivity contribution in [3.05, 3.63) is 53.1 Å². The lowest BCUT2D eigenvalue weighted by atomic mass is 10.2. The number of hydrogen-bond acceptors (Lipinski definition) is 2. The fourth-order valence-corrected chi connectivity index (χ4v) is 1.94. The first-order chi connectivity index (χ1) is 9.58. The summed E-state index contributed by atoms with van der Waals surface area (Å²) in [6.07, 6.45) is 0.474. The van der Waals surface area contributed by atoms with E-state index in [0.29, 0.717) is 11.4 Å². The summed E-state index contributed by atoms with van der Waals surface area (Å²) in [5.41, 5.74) is 3.84. The molecule has 0 aromatic heterocycles. The topological polar surface area (TPSA) is 41.1 Å². The van der Waals surface area contributed by atoms with Crippen LogP contribution in [0.3, 0.4) is 0 Å². The van der Waals surface area contributed by atoms with Crippen LogP contribution in [0.4, 0.5) is 17.1 Å². The SMILES string of the molecule is CCC(=O)Nc1ccc(Nc2cc(Cl)ccc2C)cc1. The van der Waals surface area contributed by atoms with E-state index in [1.165, 1.54) is 0 Å². The number of aryl methyl sites for hydroxylation is 1. The zero-order valence-corrected chi connectivity index (χ0v) is 12.3. The predicted octanol–water partition coefficient (Wildman–Crippen LogP) is 4.74. The molecule has 0 bridgehead atoms. The fraction of sp³-hybridized carbons (Fsp3) is 0.188. The van der Waals surface area contributed by atoms with Gasteiger partial charge in [-0.15, -0.1) is 0 Å². The molecule has 2 rings (SSSR count). The molecule has 0 aliphatic carbocycles. The van der Waals surface area contributed by atoms with Crippen LogP contribution in [0.2, 0.25) is 5.02 Å². The van der Waals surface area contributed by atoms with Gasteiger partial charge >= 0.3 is 0 Å². The van der Waals surface area contributed by atoms with Gasteiger partial charge in [-0.3, -0.25) is 4.79 Å². The zero-order chi connectivity index (χ0) is 14.5. The Morgan fingerprint density at radius 3 is 2.40 bits per heavy atom. The van der Waals surface area contributed by atoms with E-state index >= 15 is 0 Å². The van der Waals surface area contributed by atoms with Gasteiger partial charge in [-0.05, 0) is 48.9 Å². The summed E-state index contributed by atoms with van der Waals surface area (Å²) in [6, 6.07) is 13.3. The van der Waals surface area contributed by atoms with Gasteiger partial charge in [0.25, 0.3) is 0 Å². The molecule has 2 aromatic rings. The first-order valence-corrected chi connectivity index (χ1v) is 6.89. The third-order valence-electron chi connectivity index (χ3n) is 2.97. The van der Waals surface area contributed by atoms with Gasteiger partial charge in [0.2, 0.25) is 5.91 Å². The zero-order valence-electron chi connectivity index (χ0n) is 11.5. The molecular weight excluding hydrogens is 272 g/mol. The molecule has 0 aliphatic heterocycles. The Bertz CT molecular complexity index is 608. The Morgan fingerprint density at radius 2 is 1.75 bits per heavy atom. The van der Waals surface area contributed by atoms with Crippen LogP contribution >= 0.6 is 11.6 Å². The second-order valence-corrected chi connectivity index (χ2v) is 5.00. The van der Waals surface area contributed by atoms with E-state index < -0.39 is 0 Å². The van der Waals surface area contributed by atoms with Gasteiger partial charge in [0.1, 0.15) is 0 Å². The molecule has 0 saturated heterocycles. The normalized spacial score (nSPS) is 10.2. The van der Waals surface area contributed by atoms with Gasteiger partial charge in [0.05, 0.1) is 0 Å². The van der Waals surface area contributed by atoms with Gasteiger partial charge < -0.3 is 10.6 Å². The van der Waals surface area contributed by atoms with E-state index in [9.17, 15) is 4.79 Å². The van der Waals surface area contributed by atoms with E-state index in [-0.39, 0.29) is 5.91 Å². The van der Waals surface area contributed by atoms with E-state index in [4.69, 9.17) is 11.6 Å². The molecular formula is C16H17ClN2O. The summed E-state index contributed by atoms with van der Waals surface area (Å²) in [7, 11) is 0. The van der Waals surface area contributed by atoms with Crippen LogP contribution in [0.15, 0.2) is 42.5 Å². The minimum absolute atomic E-state index is 0.0106. The van der Waals surface area contributed by atoms with Crippen molar-refractivity contribution in [1.82, 2.24) is 0 Å². The highest BCUT2D eigenvalue weighted by atomic mass is 35.5. The number of rotatable bonds is 4. The summed E-state index contributed by atoms with van der Waals surface area (Å²) in [5, 5.41) is 6.82. The van der Waals surface area contributed by atoms with E-state index in [2.05, 4.69) is 10.6 Å². The van der Waals surface area contributed by atoms with E-state index in [1.54, 1.807) is 0 Å². The highest BCUT2D eigenvalue weighted by Gasteiger charge is 2.02. The molecule has 3 nitrogen and oxygen atoms in total. The van der Waals surface area contributed by atoms with Gasteiger partial charge in [0.15, 0.2) is 0 Å². The van der Waals surface area contributed by atoms with Crippen LogP contribution in [-0.4, -0.2) is 5.91 Å². The second-order valence-electron chi connectivity index (χ2n) is 4.56. The molecule has 0 unspecified atom stereocenters. The maximum atomic E-state index is 11.3. The molecule has 0 fully saturated rings. The molecule has 0 heterocycles. The maximum Gasteiger partial charge on any atom is 0.224 e. The van der Waals surface area contributed by atoms with E-state index in [1.807, 2.05) is 56.3 Å². The maximum absolute atomic E-state index is 11.3. The average Bonchev–Trinajstić information content (AvgIpc) is 2.45. The monoisotopic (exact) mass is 288 g/mol. The smallest absolute Gasteiger partial charge is 0.224 e. The number of benzene rings is 2. The number of hydrogen-bond donors (Lipinski definition) is 2. The summed E-state index contributed by atoms with van der Waals surface area (Å²) < 4.78 is 0. The summed E-state index contributed by atoms with van der Waals surface area (Å²) in [5.74, 6) is 0.0106.